The summed E-state index contributed by atoms with van der Waals surface area (Å²) in [5, 5.41) is 10.2. The molecule has 0 spiro atoms. The number of urea groups is 1. The summed E-state index contributed by atoms with van der Waals surface area (Å²) in [7, 11) is 0. The van der Waals surface area contributed by atoms with Crippen molar-refractivity contribution in [2.45, 2.75) is 0 Å². The third-order valence-corrected chi connectivity index (χ3v) is 4.29. The molecule has 0 unspecified atom stereocenters. The van der Waals surface area contributed by atoms with E-state index in [1.807, 2.05) is 48.5 Å². The topological polar surface area (TPSA) is 79.8 Å². The minimum Gasteiger partial charge on any atom is -0.457 e. The number of rotatable bonds is 5. The lowest BCUT2D eigenvalue weighted by Gasteiger charge is -2.11. The Bertz CT molecular complexity index is 1180. The van der Waals surface area contributed by atoms with E-state index in [2.05, 4.69) is 15.8 Å². The zero-order valence-electron chi connectivity index (χ0n) is 15.3. The average molecular weight is 383 g/mol. The van der Waals surface area contributed by atoms with Gasteiger partial charge in [-0.15, -0.1) is 4.91 Å². The largest absolute Gasteiger partial charge is 0.457 e. The molecule has 29 heavy (non-hydrogen) atoms. The highest BCUT2D eigenvalue weighted by Crippen LogP contribution is 2.28. The SMILES string of the molecule is O=Nc1ccc2cccc(NC(=O)Nc3cccc(Oc4ccccc4)c3)c2c1. The van der Waals surface area contributed by atoms with E-state index in [0.29, 0.717) is 28.6 Å². The summed E-state index contributed by atoms with van der Waals surface area (Å²) in [6.07, 6.45) is 0. The fraction of sp³-hybridized carbons (Fsp3) is 0. The highest BCUT2D eigenvalue weighted by Gasteiger charge is 2.08. The summed E-state index contributed by atoms with van der Waals surface area (Å²) < 4.78 is 5.79. The van der Waals surface area contributed by atoms with Crippen LogP contribution in [-0.2, 0) is 0 Å². The molecule has 2 N–H and O–H groups in total. The van der Waals surface area contributed by atoms with Crippen molar-refractivity contribution in [1.29, 1.82) is 0 Å². The first-order valence-electron chi connectivity index (χ1n) is 8.98. The van der Waals surface area contributed by atoms with Crippen molar-refractivity contribution in [2.24, 2.45) is 5.18 Å². The Morgan fingerprint density at radius 1 is 0.759 bits per heavy atom. The minimum atomic E-state index is -0.404. The summed E-state index contributed by atoms with van der Waals surface area (Å²) in [6, 6.07) is 26.7. The minimum absolute atomic E-state index is 0.304. The summed E-state index contributed by atoms with van der Waals surface area (Å²) >= 11 is 0. The molecule has 0 aliphatic carbocycles. The maximum absolute atomic E-state index is 12.5. The average Bonchev–Trinajstić information content (AvgIpc) is 2.74. The van der Waals surface area contributed by atoms with E-state index in [9.17, 15) is 9.70 Å². The second-order valence-electron chi connectivity index (χ2n) is 6.32. The van der Waals surface area contributed by atoms with Crippen LogP contribution in [0.5, 0.6) is 11.5 Å². The second-order valence-corrected chi connectivity index (χ2v) is 6.32. The molecule has 0 saturated heterocycles. The molecule has 2 amide bonds. The summed E-state index contributed by atoms with van der Waals surface area (Å²) in [6.45, 7) is 0. The van der Waals surface area contributed by atoms with Crippen LogP contribution < -0.4 is 15.4 Å². The van der Waals surface area contributed by atoms with Crippen LogP contribution in [0.1, 0.15) is 0 Å². The zero-order valence-corrected chi connectivity index (χ0v) is 15.3. The Balaban J connectivity index is 1.50. The Labute approximate surface area is 167 Å². The molecule has 6 heteroatoms. The molecule has 0 aromatic heterocycles. The van der Waals surface area contributed by atoms with Crippen molar-refractivity contribution in [3.05, 3.63) is 95.9 Å². The first kappa shape index (κ1) is 18.2. The Kier molecular flexibility index (Phi) is 5.16. The number of para-hydroxylation sites is 1. The van der Waals surface area contributed by atoms with Crippen LogP contribution in [0.25, 0.3) is 10.8 Å². The van der Waals surface area contributed by atoms with Crippen LogP contribution in [0.4, 0.5) is 21.9 Å². The molecule has 0 fully saturated rings. The quantitative estimate of drug-likeness (QED) is 0.378. The van der Waals surface area contributed by atoms with Gasteiger partial charge in [0.05, 0.1) is 5.69 Å². The van der Waals surface area contributed by atoms with Gasteiger partial charge in [0, 0.05) is 17.1 Å². The second kappa shape index (κ2) is 8.22. The molecule has 0 saturated carbocycles. The maximum Gasteiger partial charge on any atom is 0.323 e. The summed E-state index contributed by atoms with van der Waals surface area (Å²) in [4.78, 5) is 23.3. The van der Waals surface area contributed by atoms with Crippen LogP contribution in [0.3, 0.4) is 0 Å². The number of benzene rings is 4. The summed E-state index contributed by atoms with van der Waals surface area (Å²) in [5.74, 6) is 1.32. The van der Waals surface area contributed by atoms with Crippen molar-refractivity contribution in [3.63, 3.8) is 0 Å². The van der Waals surface area contributed by atoms with E-state index >= 15 is 0 Å². The Hall–Kier alpha value is -4.19. The summed E-state index contributed by atoms with van der Waals surface area (Å²) in [5.41, 5.74) is 1.48. The van der Waals surface area contributed by atoms with Gasteiger partial charge in [0.25, 0.3) is 0 Å². The molecule has 4 aromatic carbocycles. The van der Waals surface area contributed by atoms with Gasteiger partial charge in [0.2, 0.25) is 0 Å². The molecule has 0 aliphatic rings. The number of hydrogen-bond donors (Lipinski definition) is 2. The first-order chi connectivity index (χ1) is 14.2. The standard InChI is InChI=1S/C23H17N3O3/c27-23(25-22-11-4-6-16-12-13-18(26-28)15-21(16)22)24-17-7-5-10-20(14-17)29-19-8-2-1-3-9-19/h1-15H,(H2,24,25,27). The van der Waals surface area contributed by atoms with E-state index in [-0.39, 0.29) is 0 Å². The van der Waals surface area contributed by atoms with Gasteiger partial charge in [-0.1, -0.05) is 42.5 Å². The number of carbonyl (C=O) groups is 1. The van der Waals surface area contributed by atoms with Gasteiger partial charge in [-0.3, -0.25) is 0 Å². The van der Waals surface area contributed by atoms with Gasteiger partial charge < -0.3 is 15.4 Å². The number of nitrogens with zero attached hydrogens (tertiary/aromatic N) is 1. The smallest absolute Gasteiger partial charge is 0.323 e. The molecule has 0 heterocycles. The van der Waals surface area contributed by atoms with Gasteiger partial charge in [0.1, 0.15) is 17.2 Å². The van der Waals surface area contributed by atoms with Gasteiger partial charge in [-0.05, 0) is 53.0 Å². The molecule has 142 valence electrons. The number of amides is 2. The number of carbonyl (C=O) groups excluding carboxylic acids is 1. The van der Waals surface area contributed by atoms with Crippen LogP contribution in [0, 0.1) is 4.91 Å². The van der Waals surface area contributed by atoms with E-state index < -0.39 is 6.03 Å². The van der Waals surface area contributed by atoms with Crippen molar-refractivity contribution in [2.75, 3.05) is 10.6 Å². The molecule has 0 bridgehead atoms. The van der Waals surface area contributed by atoms with Crippen LogP contribution in [0.15, 0.2) is 96.2 Å². The highest BCUT2D eigenvalue weighted by molar-refractivity contribution is 6.06. The molecule has 4 aromatic rings. The molecular weight excluding hydrogens is 366 g/mol. The molecule has 0 aliphatic heterocycles. The predicted octanol–water partition coefficient (Wildman–Crippen LogP) is 6.67. The Morgan fingerprint density at radius 2 is 1.55 bits per heavy atom. The van der Waals surface area contributed by atoms with Crippen LogP contribution >= 0.6 is 0 Å². The first-order valence-corrected chi connectivity index (χ1v) is 8.98. The predicted molar refractivity (Wildman–Crippen MR) is 115 cm³/mol. The fourth-order valence-corrected chi connectivity index (χ4v) is 2.97. The lowest BCUT2D eigenvalue weighted by Crippen LogP contribution is -2.19. The van der Waals surface area contributed by atoms with Gasteiger partial charge in [-0.2, -0.15) is 0 Å². The lowest BCUT2D eigenvalue weighted by molar-refractivity contribution is 0.262. The molecular formula is C23H17N3O3. The highest BCUT2D eigenvalue weighted by atomic mass is 16.5. The Morgan fingerprint density at radius 3 is 2.38 bits per heavy atom. The van der Waals surface area contributed by atoms with Crippen LogP contribution in [0.2, 0.25) is 0 Å². The third kappa shape index (κ3) is 4.39. The number of nitroso groups, excluding NO2 is 1. The number of hydrogen-bond acceptors (Lipinski definition) is 4. The van der Waals surface area contributed by atoms with E-state index in [1.54, 1.807) is 42.5 Å². The third-order valence-electron chi connectivity index (χ3n) is 4.29. The number of fused-ring (bicyclic) bond motifs is 1. The van der Waals surface area contributed by atoms with E-state index in [4.69, 9.17) is 4.74 Å². The number of ether oxygens (including phenoxy) is 1. The normalized spacial score (nSPS) is 10.3. The zero-order chi connectivity index (χ0) is 20.1. The van der Waals surface area contributed by atoms with Crippen LogP contribution in [-0.4, -0.2) is 6.03 Å². The lowest BCUT2D eigenvalue weighted by atomic mass is 10.1. The molecule has 6 nitrogen and oxygen atoms in total. The number of anilines is 2. The van der Waals surface area contributed by atoms with E-state index in [0.717, 1.165) is 10.8 Å². The van der Waals surface area contributed by atoms with Gasteiger partial charge in [-0.25, -0.2) is 4.79 Å². The molecule has 4 rings (SSSR count). The number of nitrogens with one attached hydrogen (secondary N) is 2. The van der Waals surface area contributed by atoms with Crippen molar-refractivity contribution in [1.82, 2.24) is 0 Å². The van der Waals surface area contributed by atoms with Crippen molar-refractivity contribution < 1.29 is 9.53 Å². The molecule has 0 radical (unpaired) electrons. The maximum atomic E-state index is 12.5. The van der Waals surface area contributed by atoms with E-state index in [1.165, 1.54) is 0 Å². The van der Waals surface area contributed by atoms with Crippen molar-refractivity contribution >= 4 is 33.9 Å². The fourth-order valence-electron chi connectivity index (χ4n) is 2.97. The van der Waals surface area contributed by atoms with Gasteiger partial charge in [0.15, 0.2) is 0 Å². The van der Waals surface area contributed by atoms with Crippen molar-refractivity contribution in [3.8, 4) is 11.5 Å². The van der Waals surface area contributed by atoms with Gasteiger partial charge >= 0.3 is 6.03 Å². The molecule has 0 atom stereocenters. The monoisotopic (exact) mass is 383 g/mol.